The van der Waals surface area contributed by atoms with Crippen LogP contribution < -0.4 is 15.6 Å². The van der Waals surface area contributed by atoms with Crippen molar-refractivity contribution < 1.29 is 13.9 Å². The number of halogens is 1. The molecule has 0 spiro atoms. The molecule has 0 atom stereocenters. The Kier molecular flexibility index (Phi) is 6.37. The van der Waals surface area contributed by atoms with Gasteiger partial charge in [-0.25, -0.2) is 9.18 Å². The van der Waals surface area contributed by atoms with Gasteiger partial charge < -0.3 is 19.5 Å². The molecule has 1 aliphatic carbocycles. The van der Waals surface area contributed by atoms with Gasteiger partial charge in [-0.3, -0.25) is 4.79 Å². The maximum atomic E-state index is 15.0. The summed E-state index contributed by atoms with van der Waals surface area (Å²) in [6.45, 7) is 5.47. The van der Waals surface area contributed by atoms with Crippen molar-refractivity contribution in [2.45, 2.75) is 51.5 Å². The number of piperazine rings is 1. The average Bonchev–Trinajstić information content (AvgIpc) is 3.59. The van der Waals surface area contributed by atoms with Gasteiger partial charge in [-0.15, -0.1) is 0 Å². The molecule has 1 aromatic carbocycles. The summed E-state index contributed by atoms with van der Waals surface area (Å²) in [5.41, 5.74) is 0.756. The molecule has 1 aromatic heterocycles. The molecule has 2 aliphatic rings. The number of unbranched alkanes of at least 4 members (excludes halogenated alkanes) is 3. The maximum absolute atomic E-state index is 15.0. The quantitative estimate of drug-likeness (QED) is 0.527. The summed E-state index contributed by atoms with van der Waals surface area (Å²) in [6.07, 6.45) is 7.58. The number of ether oxygens (including phenoxy) is 1. The molecule has 0 unspecified atom stereocenters. The van der Waals surface area contributed by atoms with Crippen LogP contribution in [0.4, 0.5) is 10.1 Å². The number of rotatable bonds is 8. The number of hydrogen-bond acceptors (Lipinski definition) is 5. The van der Waals surface area contributed by atoms with Crippen molar-refractivity contribution in [2.75, 3.05) is 37.7 Å². The van der Waals surface area contributed by atoms with Gasteiger partial charge in [-0.2, -0.15) is 0 Å². The largest absolute Gasteiger partial charge is 0.462 e. The fourth-order valence-electron chi connectivity index (χ4n) is 4.08. The van der Waals surface area contributed by atoms with Gasteiger partial charge in [0.2, 0.25) is 5.43 Å². The van der Waals surface area contributed by atoms with Crippen LogP contribution in [-0.2, 0) is 4.74 Å². The van der Waals surface area contributed by atoms with E-state index in [0.717, 1.165) is 64.7 Å². The first kappa shape index (κ1) is 20.8. The van der Waals surface area contributed by atoms with Crippen LogP contribution in [0.2, 0.25) is 0 Å². The minimum Gasteiger partial charge on any atom is -0.462 e. The zero-order valence-corrected chi connectivity index (χ0v) is 17.6. The molecule has 4 rings (SSSR count). The van der Waals surface area contributed by atoms with Gasteiger partial charge in [-0.1, -0.05) is 26.2 Å². The standard InChI is InChI=1S/C23H30FN3O3/c1-2-3-4-5-12-30-23(29)18-15-27(16-6-7-16)20-14-21(26-10-8-25-9-11-26)19(24)13-17(20)22(18)28/h13-16,25H,2-12H2,1H3. The number of anilines is 1. The highest BCUT2D eigenvalue weighted by atomic mass is 19.1. The third-order valence-electron chi connectivity index (χ3n) is 5.95. The molecule has 0 amide bonds. The Hall–Kier alpha value is -2.41. The van der Waals surface area contributed by atoms with Crippen LogP contribution in [-0.4, -0.2) is 43.3 Å². The van der Waals surface area contributed by atoms with Crippen LogP contribution >= 0.6 is 0 Å². The lowest BCUT2D eigenvalue weighted by atomic mass is 10.1. The minimum atomic E-state index is -0.612. The summed E-state index contributed by atoms with van der Waals surface area (Å²) in [4.78, 5) is 27.6. The SMILES string of the molecule is CCCCCCOC(=O)c1cn(C2CC2)c2cc(N3CCNCC3)c(F)cc2c1=O. The summed E-state index contributed by atoms with van der Waals surface area (Å²) in [5, 5.41) is 3.52. The van der Waals surface area contributed by atoms with Crippen molar-refractivity contribution in [1.29, 1.82) is 0 Å². The van der Waals surface area contributed by atoms with Crippen molar-refractivity contribution in [2.24, 2.45) is 0 Å². The second-order valence-corrected chi connectivity index (χ2v) is 8.26. The number of fused-ring (bicyclic) bond motifs is 1. The molecule has 30 heavy (non-hydrogen) atoms. The van der Waals surface area contributed by atoms with Crippen molar-refractivity contribution in [3.8, 4) is 0 Å². The number of hydrogen-bond donors (Lipinski definition) is 1. The molecule has 2 heterocycles. The summed E-state index contributed by atoms with van der Waals surface area (Å²) in [7, 11) is 0. The Balaban J connectivity index is 1.67. The second kappa shape index (κ2) is 9.16. The van der Waals surface area contributed by atoms with Crippen LogP contribution in [0.3, 0.4) is 0 Å². The average molecular weight is 416 g/mol. The second-order valence-electron chi connectivity index (χ2n) is 8.26. The molecule has 1 saturated heterocycles. The van der Waals surface area contributed by atoms with E-state index in [0.29, 0.717) is 17.8 Å². The zero-order chi connectivity index (χ0) is 21.1. The molecule has 2 aromatic rings. The summed E-state index contributed by atoms with van der Waals surface area (Å²) in [6, 6.07) is 3.31. The van der Waals surface area contributed by atoms with Gasteiger partial charge in [-0.05, 0) is 31.4 Å². The number of pyridine rings is 1. The summed E-state index contributed by atoms with van der Waals surface area (Å²) >= 11 is 0. The normalized spacial score (nSPS) is 16.8. The monoisotopic (exact) mass is 415 g/mol. The molecule has 2 fully saturated rings. The summed E-state index contributed by atoms with van der Waals surface area (Å²) in [5.74, 6) is -1.03. The van der Waals surface area contributed by atoms with E-state index in [2.05, 4.69) is 12.2 Å². The molecule has 6 nitrogen and oxygen atoms in total. The predicted octanol–water partition coefficient (Wildman–Crippen LogP) is 3.62. The van der Waals surface area contributed by atoms with E-state index in [4.69, 9.17) is 4.74 Å². The lowest BCUT2D eigenvalue weighted by molar-refractivity contribution is 0.0495. The van der Waals surface area contributed by atoms with E-state index in [-0.39, 0.29) is 17.0 Å². The summed E-state index contributed by atoms with van der Waals surface area (Å²) < 4.78 is 22.3. The topological polar surface area (TPSA) is 63.6 Å². The third-order valence-corrected chi connectivity index (χ3v) is 5.95. The van der Waals surface area contributed by atoms with Crippen molar-refractivity contribution in [3.63, 3.8) is 0 Å². The number of benzene rings is 1. The number of carbonyl (C=O) groups is 1. The Labute approximate surface area is 176 Å². The van der Waals surface area contributed by atoms with Crippen LogP contribution in [0.1, 0.15) is 61.8 Å². The number of nitrogens with zero attached hydrogens (tertiary/aromatic N) is 2. The van der Waals surface area contributed by atoms with E-state index in [1.54, 1.807) is 12.3 Å². The van der Waals surface area contributed by atoms with Crippen molar-refractivity contribution >= 4 is 22.6 Å². The van der Waals surface area contributed by atoms with Crippen LogP contribution in [0.5, 0.6) is 0 Å². The van der Waals surface area contributed by atoms with E-state index in [1.165, 1.54) is 6.07 Å². The fourth-order valence-corrected chi connectivity index (χ4v) is 4.08. The molecule has 0 radical (unpaired) electrons. The van der Waals surface area contributed by atoms with Crippen LogP contribution in [0, 0.1) is 5.82 Å². The first-order valence-electron chi connectivity index (χ1n) is 11.1. The molecular formula is C23H30FN3O3. The highest BCUT2D eigenvalue weighted by molar-refractivity contribution is 5.94. The van der Waals surface area contributed by atoms with E-state index < -0.39 is 17.2 Å². The molecule has 1 saturated carbocycles. The van der Waals surface area contributed by atoms with E-state index >= 15 is 0 Å². The van der Waals surface area contributed by atoms with Gasteiger partial charge in [0.15, 0.2) is 0 Å². The maximum Gasteiger partial charge on any atom is 0.343 e. The van der Waals surface area contributed by atoms with Crippen molar-refractivity contribution in [3.05, 3.63) is 39.9 Å². The number of aromatic nitrogens is 1. The van der Waals surface area contributed by atoms with Gasteiger partial charge >= 0.3 is 5.97 Å². The zero-order valence-electron chi connectivity index (χ0n) is 17.6. The molecule has 7 heteroatoms. The van der Waals surface area contributed by atoms with Gasteiger partial charge in [0.05, 0.1) is 17.8 Å². The fraction of sp³-hybridized carbons (Fsp3) is 0.565. The molecule has 0 bridgehead atoms. The number of carbonyl (C=O) groups excluding carboxylic acids is 1. The smallest absolute Gasteiger partial charge is 0.343 e. The Morgan fingerprint density at radius 3 is 2.67 bits per heavy atom. The van der Waals surface area contributed by atoms with E-state index in [9.17, 15) is 14.0 Å². The molecule has 162 valence electrons. The Bertz CT molecular complexity index is 978. The molecular weight excluding hydrogens is 385 g/mol. The lowest BCUT2D eigenvalue weighted by Crippen LogP contribution is -2.43. The predicted molar refractivity (Wildman–Crippen MR) is 116 cm³/mol. The molecule has 1 aliphatic heterocycles. The highest BCUT2D eigenvalue weighted by Crippen LogP contribution is 2.38. The highest BCUT2D eigenvalue weighted by Gasteiger charge is 2.28. The Morgan fingerprint density at radius 1 is 1.20 bits per heavy atom. The number of esters is 1. The minimum absolute atomic E-state index is 0.000728. The lowest BCUT2D eigenvalue weighted by Gasteiger charge is -2.30. The van der Waals surface area contributed by atoms with Gasteiger partial charge in [0.25, 0.3) is 0 Å². The molecule has 1 N–H and O–H groups in total. The van der Waals surface area contributed by atoms with Crippen LogP contribution in [0.15, 0.2) is 23.1 Å². The van der Waals surface area contributed by atoms with Gasteiger partial charge in [0.1, 0.15) is 11.4 Å². The first-order chi connectivity index (χ1) is 14.6. The third kappa shape index (κ3) is 4.36. The number of nitrogens with one attached hydrogen (secondary N) is 1. The Morgan fingerprint density at radius 2 is 1.97 bits per heavy atom. The van der Waals surface area contributed by atoms with Crippen molar-refractivity contribution in [1.82, 2.24) is 9.88 Å². The first-order valence-corrected chi connectivity index (χ1v) is 11.1. The van der Waals surface area contributed by atoms with E-state index in [1.807, 2.05) is 9.47 Å². The van der Waals surface area contributed by atoms with Gasteiger partial charge in [0, 0.05) is 43.8 Å². The van der Waals surface area contributed by atoms with Crippen LogP contribution in [0.25, 0.3) is 10.9 Å².